The van der Waals surface area contributed by atoms with Gasteiger partial charge in [0.1, 0.15) is 6.04 Å². The molecule has 0 bridgehead atoms. The van der Waals surface area contributed by atoms with Crippen molar-refractivity contribution in [2.75, 3.05) is 19.8 Å². The lowest BCUT2D eigenvalue weighted by Gasteiger charge is -2.20. The Morgan fingerprint density at radius 2 is 2.50 bits per heavy atom. The second-order valence-electron chi connectivity index (χ2n) is 2.76. The van der Waals surface area contributed by atoms with E-state index in [-0.39, 0.29) is 6.04 Å². The van der Waals surface area contributed by atoms with Gasteiger partial charge in [0.05, 0.1) is 13.2 Å². The van der Waals surface area contributed by atoms with E-state index in [4.69, 9.17) is 9.26 Å². The molecule has 5 nitrogen and oxygen atoms in total. The van der Waals surface area contributed by atoms with Crippen LogP contribution in [0.4, 0.5) is 0 Å². The minimum absolute atomic E-state index is 0.0694. The first kappa shape index (κ1) is 7.70. The zero-order chi connectivity index (χ0) is 8.39. The summed E-state index contributed by atoms with van der Waals surface area (Å²) in [6.07, 6.45) is 0. The number of hydrogen-bond donors (Lipinski definition) is 1. The van der Waals surface area contributed by atoms with Gasteiger partial charge in [-0.1, -0.05) is 5.16 Å². The Hall–Kier alpha value is -0.940. The normalized spacial score (nSPS) is 24.2. The highest BCUT2D eigenvalue weighted by Gasteiger charge is 2.20. The molecule has 1 unspecified atom stereocenters. The van der Waals surface area contributed by atoms with E-state index in [1.165, 1.54) is 0 Å². The van der Waals surface area contributed by atoms with E-state index < -0.39 is 0 Å². The molecule has 5 heteroatoms. The van der Waals surface area contributed by atoms with Crippen molar-refractivity contribution in [2.24, 2.45) is 0 Å². The molecular weight excluding hydrogens is 158 g/mol. The lowest BCUT2D eigenvalue weighted by molar-refractivity contribution is 0.0659. The van der Waals surface area contributed by atoms with E-state index in [1.54, 1.807) is 6.92 Å². The molecule has 1 N–H and O–H groups in total. The second-order valence-corrected chi connectivity index (χ2v) is 2.76. The number of nitrogens with zero attached hydrogens (tertiary/aromatic N) is 2. The smallest absolute Gasteiger partial charge is 0.246 e. The van der Waals surface area contributed by atoms with Crippen LogP contribution in [-0.2, 0) is 4.74 Å². The Morgan fingerprint density at radius 1 is 1.58 bits per heavy atom. The standard InChI is InChI=1S/C7H11N3O2/c1-5-9-7(12-10-5)6-4-11-3-2-8-6/h6,8H,2-4H2,1H3. The molecule has 0 amide bonds. The highest BCUT2D eigenvalue weighted by molar-refractivity contribution is 4.92. The Labute approximate surface area is 70.1 Å². The fourth-order valence-electron chi connectivity index (χ4n) is 1.18. The van der Waals surface area contributed by atoms with E-state index >= 15 is 0 Å². The first-order chi connectivity index (χ1) is 5.86. The molecule has 1 aromatic heterocycles. The fourth-order valence-corrected chi connectivity index (χ4v) is 1.18. The summed E-state index contributed by atoms with van der Waals surface area (Å²) in [5.41, 5.74) is 0. The largest absolute Gasteiger partial charge is 0.378 e. The minimum Gasteiger partial charge on any atom is -0.378 e. The van der Waals surface area contributed by atoms with E-state index in [2.05, 4.69) is 15.5 Å². The molecule has 0 radical (unpaired) electrons. The molecule has 1 saturated heterocycles. The quantitative estimate of drug-likeness (QED) is 0.643. The third-order valence-corrected chi connectivity index (χ3v) is 1.76. The molecule has 1 aliphatic heterocycles. The number of aryl methyl sites for hydroxylation is 1. The number of rotatable bonds is 1. The van der Waals surface area contributed by atoms with Gasteiger partial charge in [0.15, 0.2) is 5.82 Å². The van der Waals surface area contributed by atoms with Crippen molar-refractivity contribution in [1.29, 1.82) is 0 Å². The second kappa shape index (κ2) is 3.20. The molecule has 66 valence electrons. The number of hydrogen-bond acceptors (Lipinski definition) is 5. The average Bonchev–Trinajstić information content (AvgIpc) is 2.54. The van der Waals surface area contributed by atoms with Crippen LogP contribution < -0.4 is 5.32 Å². The Bertz CT molecular complexity index is 255. The van der Waals surface area contributed by atoms with Gasteiger partial charge in [-0.05, 0) is 6.92 Å². The van der Waals surface area contributed by atoms with Crippen molar-refractivity contribution in [1.82, 2.24) is 15.5 Å². The molecule has 0 spiro atoms. The molecule has 0 aromatic carbocycles. The Balaban J connectivity index is 2.08. The first-order valence-electron chi connectivity index (χ1n) is 3.97. The van der Waals surface area contributed by atoms with Crippen LogP contribution in [0.25, 0.3) is 0 Å². The van der Waals surface area contributed by atoms with Gasteiger partial charge in [0.25, 0.3) is 0 Å². The molecule has 2 rings (SSSR count). The summed E-state index contributed by atoms with van der Waals surface area (Å²) in [6, 6.07) is 0.0694. The maximum Gasteiger partial charge on any atom is 0.246 e. The van der Waals surface area contributed by atoms with Gasteiger partial charge in [-0.25, -0.2) is 0 Å². The van der Waals surface area contributed by atoms with Gasteiger partial charge in [-0.3, -0.25) is 0 Å². The zero-order valence-corrected chi connectivity index (χ0v) is 6.91. The number of ether oxygens (including phenoxy) is 1. The highest BCUT2D eigenvalue weighted by atomic mass is 16.5. The topological polar surface area (TPSA) is 60.2 Å². The van der Waals surface area contributed by atoms with Gasteiger partial charge in [0.2, 0.25) is 5.89 Å². The van der Waals surface area contributed by atoms with Gasteiger partial charge < -0.3 is 14.6 Å². The predicted octanol–water partition coefficient (Wildman–Crippen LogP) is 0.0389. The van der Waals surface area contributed by atoms with Gasteiger partial charge in [-0.15, -0.1) is 0 Å². The number of morpholine rings is 1. The molecule has 12 heavy (non-hydrogen) atoms. The highest BCUT2D eigenvalue weighted by Crippen LogP contribution is 2.12. The van der Waals surface area contributed by atoms with Crippen molar-refractivity contribution in [3.8, 4) is 0 Å². The van der Waals surface area contributed by atoms with Crippen LogP contribution in [0.1, 0.15) is 17.8 Å². The molecule has 0 saturated carbocycles. The van der Waals surface area contributed by atoms with Crippen molar-refractivity contribution in [3.63, 3.8) is 0 Å². The van der Waals surface area contributed by atoms with E-state index in [1.807, 2.05) is 0 Å². The van der Waals surface area contributed by atoms with E-state index in [0.717, 1.165) is 13.2 Å². The van der Waals surface area contributed by atoms with Gasteiger partial charge >= 0.3 is 0 Å². The van der Waals surface area contributed by atoms with Crippen LogP contribution in [-0.4, -0.2) is 29.9 Å². The van der Waals surface area contributed by atoms with Crippen molar-refractivity contribution in [3.05, 3.63) is 11.7 Å². The monoisotopic (exact) mass is 169 g/mol. The lowest BCUT2D eigenvalue weighted by Crippen LogP contribution is -2.34. The maximum atomic E-state index is 5.26. The van der Waals surface area contributed by atoms with Crippen LogP contribution in [0.2, 0.25) is 0 Å². The Kier molecular flexibility index (Phi) is 2.05. The SMILES string of the molecule is Cc1noc(C2COCCN2)n1. The first-order valence-corrected chi connectivity index (χ1v) is 3.97. The predicted molar refractivity (Wildman–Crippen MR) is 40.6 cm³/mol. The summed E-state index contributed by atoms with van der Waals surface area (Å²) in [4.78, 5) is 4.11. The minimum atomic E-state index is 0.0694. The molecule has 1 atom stereocenters. The molecule has 0 aliphatic carbocycles. The summed E-state index contributed by atoms with van der Waals surface area (Å²) >= 11 is 0. The third kappa shape index (κ3) is 1.46. The summed E-state index contributed by atoms with van der Waals surface area (Å²) in [5, 5.41) is 6.94. The van der Waals surface area contributed by atoms with Gasteiger partial charge in [0, 0.05) is 6.54 Å². The van der Waals surface area contributed by atoms with Crippen molar-refractivity contribution < 1.29 is 9.26 Å². The van der Waals surface area contributed by atoms with E-state index in [0.29, 0.717) is 18.3 Å². The molecule has 2 heterocycles. The Morgan fingerprint density at radius 3 is 3.08 bits per heavy atom. The van der Waals surface area contributed by atoms with Crippen molar-refractivity contribution >= 4 is 0 Å². The lowest BCUT2D eigenvalue weighted by atomic mass is 10.3. The summed E-state index contributed by atoms with van der Waals surface area (Å²) < 4.78 is 10.3. The number of aromatic nitrogens is 2. The summed E-state index contributed by atoms with van der Waals surface area (Å²) in [6.45, 7) is 4.01. The summed E-state index contributed by atoms with van der Waals surface area (Å²) in [5.74, 6) is 1.28. The summed E-state index contributed by atoms with van der Waals surface area (Å²) in [7, 11) is 0. The van der Waals surface area contributed by atoms with E-state index in [9.17, 15) is 0 Å². The van der Waals surface area contributed by atoms with Crippen LogP contribution in [0.15, 0.2) is 4.52 Å². The maximum absolute atomic E-state index is 5.26. The fraction of sp³-hybridized carbons (Fsp3) is 0.714. The van der Waals surface area contributed by atoms with Crippen LogP contribution >= 0.6 is 0 Å². The van der Waals surface area contributed by atoms with Crippen LogP contribution in [0.3, 0.4) is 0 Å². The molecule has 1 aromatic rings. The van der Waals surface area contributed by atoms with Crippen LogP contribution in [0.5, 0.6) is 0 Å². The van der Waals surface area contributed by atoms with Crippen molar-refractivity contribution in [2.45, 2.75) is 13.0 Å². The third-order valence-electron chi connectivity index (χ3n) is 1.76. The zero-order valence-electron chi connectivity index (χ0n) is 6.91. The molecule has 1 fully saturated rings. The van der Waals surface area contributed by atoms with Crippen LogP contribution in [0, 0.1) is 6.92 Å². The van der Waals surface area contributed by atoms with Gasteiger partial charge in [-0.2, -0.15) is 4.98 Å². The molecule has 1 aliphatic rings. The average molecular weight is 169 g/mol. The molecular formula is C7H11N3O2. The number of nitrogens with one attached hydrogen (secondary N) is 1.